The molecular weight excluding hydrogens is 288 g/mol. The maximum absolute atomic E-state index is 11.4. The summed E-state index contributed by atoms with van der Waals surface area (Å²) >= 11 is 0. The standard InChI is InChI=1S/C19H16N2O2/c20-15-5-4-6-17(13-15)21(14-22)16-9-11-19(12-10-16)23-18-7-2-1-3-8-18/h1-14H,20H2. The quantitative estimate of drug-likeness (QED) is 0.563. The zero-order valence-electron chi connectivity index (χ0n) is 12.4. The molecule has 3 aromatic carbocycles. The first-order valence-electron chi connectivity index (χ1n) is 7.19. The van der Waals surface area contributed by atoms with Crippen molar-refractivity contribution in [2.75, 3.05) is 10.6 Å². The summed E-state index contributed by atoms with van der Waals surface area (Å²) in [6.45, 7) is 0. The molecule has 0 saturated heterocycles. The van der Waals surface area contributed by atoms with E-state index >= 15 is 0 Å². The average molecular weight is 304 g/mol. The van der Waals surface area contributed by atoms with Gasteiger partial charge in [-0.15, -0.1) is 0 Å². The molecule has 4 heteroatoms. The molecule has 0 radical (unpaired) electrons. The normalized spacial score (nSPS) is 10.1. The van der Waals surface area contributed by atoms with Gasteiger partial charge >= 0.3 is 0 Å². The molecule has 23 heavy (non-hydrogen) atoms. The molecule has 0 saturated carbocycles. The first kappa shape index (κ1) is 14.7. The predicted octanol–water partition coefficient (Wildman–Crippen LogP) is 4.36. The highest BCUT2D eigenvalue weighted by atomic mass is 16.5. The number of benzene rings is 3. The minimum absolute atomic E-state index is 0.610. The molecule has 0 heterocycles. The second kappa shape index (κ2) is 6.66. The molecule has 114 valence electrons. The van der Waals surface area contributed by atoms with Gasteiger partial charge in [-0.25, -0.2) is 0 Å². The molecule has 0 atom stereocenters. The molecule has 0 spiro atoms. The number of anilines is 3. The third-order valence-electron chi connectivity index (χ3n) is 3.35. The fraction of sp³-hybridized carbons (Fsp3) is 0. The Labute approximate surface area is 134 Å². The van der Waals surface area contributed by atoms with Crippen LogP contribution in [-0.4, -0.2) is 6.41 Å². The number of para-hydroxylation sites is 1. The molecule has 4 nitrogen and oxygen atoms in total. The number of carbonyl (C=O) groups is 1. The number of nitrogens with zero attached hydrogens (tertiary/aromatic N) is 1. The zero-order chi connectivity index (χ0) is 16.1. The molecule has 0 aromatic heterocycles. The summed E-state index contributed by atoms with van der Waals surface area (Å²) in [5.74, 6) is 1.47. The SMILES string of the molecule is Nc1cccc(N(C=O)c2ccc(Oc3ccccc3)cc2)c1. The molecule has 0 aliphatic rings. The maximum atomic E-state index is 11.4. The van der Waals surface area contributed by atoms with Gasteiger partial charge in [0.15, 0.2) is 0 Å². The number of carbonyl (C=O) groups excluding carboxylic acids is 1. The van der Waals surface area contributed by atoms with Crippen LogP contribution in [0.1, 0.15) is 0 Å². The van der Waals surface area contributed by atoms with E-state index in [-0.39, 0.29) is 0 Å². The lowest BCUT2D eigenvalue weighted by Gasteiger charge is -2.18. The van der Waals surface area contributed by atoms with Crippen molar-refractivity contribution in [3.05, 3.63) is 78.9 Å². The number of rotatable bonds is 5. The van der Waals surface area contributed by atoms with Gasteiger partial charge in [0.1, 0.15) is 11.5 Å². The van der Waals surface area contributed by atoms with Crippen LogP contribution in [0.25, 0.3) is 0 Å². The minimum atomic E-state index is 0.610. The van der Waals surface area contributed by atoms with Crippen molar-refractivity contribution in [1.82, 2.24) is 0 Å². The Hall–Kier alpha value is -3.27. The summed E-state index contributed by atoms with van der Waals surface area (Å²) in [7, 11) is 0. The Morgan fingerprint density at radius 3 is 2.13 bits per heavy atom. The van der Waals surface area contributed by atoms with E-state index in [4.69, 9.17) is 10.5 Å². The van der Waals surface area contributed by atoms with Crippen molar-refractivity contribution in [3.8, 4) is 11.5 Å². The summed E-state index contributed by atoms with van der Waals surface area (Å²) in [4.78, 5) is 13.0. The van der Waals surface area contributed by atoms with Crippen molar-refractivity contribution in [1.29, 1.82) is 0 Å². The van der Waals surface area contributed by atoms with Crippen LogP contribution in [0.2, 0.25) is 0 Å². The summed E-state index contributed by atoms with van der Waals surface area (Å²) < 4.78 is 5.74. The van der Waals surface area contributed by atoms with Crippen LogP contribution in [-0.2, 0) is 4.79 Å². The number of nitrogens with two attached hydrogens (primary N) is 1. The van der Waals surface area contributed by atoms with Gasteiger partial charge in [0.05, 0.1) is 5.69 Å². The number of hydrogen-bond acceptors (Lipinski definition) is 3. The van der Waals surface area contributed by atoms with Crippen molar-refractivity contribution < 1.29 is 9.53 Å². The van der Waals surface area contributed by atoms with E-state index in [0.29, 0.717) is 11.4 Å². The molecule has 0 aliphatic heterocycles. The van der Waals surface area contributed by atoms with Gasteiger partial charge in [0.25, 0.3) is 0 Å². The zero-order valence-corrected chi connectivity index (χ0v) is 12.4. The van der Waals surface area contributed by atoms with Gasteiger partial charge in [-0.2, -0.15) is 0 Å². The summed E-state index contributed by atoms with van der Waals surface area (Å²) in [6.07, 6.45) is 0.766. The molecule has 2 N–H and O–H groups in total. The molecule has 3 rings (SSSR count). The lowest BCUT2D eigenvalue weighted by Crippen LogP contribution is -2.14. The van der Waals surface area contributed by atoms with E-state index in [9.17, 15) is 4.79 Å². The van der Waals surface area contributed by atoms with Crippen LogP contribution in [0.4, 0.5) is 17.1 Å². The third kappa shape index (κ3) is 3.49. The van der Waals surface area contributed by atoms with Crippen LogP contribution in [0.3, 0.4) is 0 Å². The Balaban J connectivity index is 1.81. The van der Waals surface area contributed by atoms with Crippen molar-refractivity contribution in [3.63, 3.8) is 0 Å². The topological polar surface area (TPSA) is 55.6 Å². The lowest BCUT2D eigenvalue weighted by atomic mass is 10.2. The van der Waals surface area contributed by atoms with Crippen LogP contribution in [0, 0.1) is 0 Å². The summed E-state index contributed by atoms with van der Waals surface area (Å²) in [6, 6.07) is 24.0. The van der Waals surface area contributed by atoms with E-state index in [2.05, 4.69) is 0 Å². The fourth-order valence-corrected chi connectivity index (χ4v) is 2.24. The Morgan fingerprint density at radius 2 is 1.48 bits per heavy atom. The largest absolute Gasteiger partial charge is 0.457 e. The minimum Gasteiger partial charge on any atom is -0.457 e. The molecular formula is C19H16N2O2. The molecule has 3 aromatic rings. The second-order valence-electron chi connectivity index (χ2n) is 4.98. The van der Waals surface area contributed by atoms with Gasteiger partial charge in [-0.1, -0.05) is 24.3 Å². The number of hydrogen-bond donors (Lipinski definition) is 1. The highest BCUT2D eigenvalue weighted by molar-refractivity contribution is 5.87. The monoisotopic (exact) mass is 304 g/mol. The lowest BCUT2D eigenvalue weighted by molar-refractivity contribution is -0.106. The predicted molar refractivity (Wildman–Crippen MR) is 92.0 cm³/mol. The summed E-state index contributed by atoms with van der Waals surface area (Å²) in [5.41, 5.74) is 7.85. The molecule has 0 unspecified atom stereocenters. The van der Waals surface area contributed by atoms with Gasteiger partial charge < -0.3 is 10.5 Å². The van der Waals surface area contributed by atoms with Gasteiger partial charge in [-0.3, -0.25) is 9.69 Å². The van der Waals surface area contributed by atoms with Crippen LogP contribution in [0.15, 0.2) is 78.9 Å². The molecule has 1 amide bonds. The highest BCUT2D eigenvalue weighted by Gasteiger charge is 2.08. The van der Waals surface area contributed by atoms with Gasteiger partial charge in [0, 0.05) is 11.4 Å². The molecule has 0 bridgehead atoms. The maximum Gasteiger partial charge on any atom is 0.218 e. The Bertz CT molecular complexity index is 786. The van der Waals surface area contributed by atoms with Crippen LogP contribution in [0.5, 0.6) is 11.5 Å². The van der Waals surface area contributed by atoms with Gasteiger partial charge in [-0.05, 0) is 54.6 Å². The van der Waals surface area contributed by atoms with E-state index < -0.39 is 0 Å². The molecule has 0 aliphatic carbocycles. The van der Waals surface area contributed by atoms with Crippen LogP contribution >= 0.6 is 0 Å². The van der Waals surface area contributed by atoms with Crippen molar-refractivity contribution >= 4 is 23.5 Å². The van der Waals surface area contributed by atoms with Crippen LogP contribution < -0.4 is 15.4 Å². The summed E-state index contributed by atoms with van der Waals surface area (Å²) in [5, 5.41) is 0. The van der Waals surface area contributed by atoms with Crippen molar-refractivity contribution in [2.24, 2.45) is 0 Å². The number of nitrogen functional groups attached to an aromatic ring is 1. The van der Waals surface area contributed by atoms with Crippen molar-refractivity contribution in [2.45, 2.75) is 0 Å². The second-order valence-corrected chi connectivity index (χ2v) is 4.98. The Kier molecular flexibility index (Phi) is 4.25. The number of amides is 1. The van der Waals surface area contributed by atoms with E-state index in [0.717, 1.165) is 23.5 Å². The first-order chi connectivity index (χ1) is 11.3. The van der Waals surface area contributed by atoms with E-state index in [1.165, 1.54) is 4.90 Å². The van der Waals surface area contributed by atoms with E-state index in [1.54, 1.807) is 12.1 Å². The van der Waals surface area contributed by atoms with Gasteiger partial charge in [0.2, 0.25) is 6.41 Å². The third-order valence-corrected chi connectivity index (χ3v) is 3.35. The smallest absolute Gasteiger partial charge is 0.218 e. The highest BCUT2D eigenvalue weighted by Crippen LogP contribution is 2.28. The Morgan fingerprint density at radius 1 is 0.783 bits per heavy atom. The average Bonchev–Trinajstić information content (AvgIpc) is 2.58. The van der Waals surface area contributed by atoms with E-state index in [1.807, 2.05) is 66.7 Å². The molecule has 0 fully saturated rings. The first-order valence-corrected chi connectivity index (χ1v) is 7.19. The number of ether oxygens (including phenoxy) is 1. The fourth-order valence-electron chi connectivity index (χ4n) is 2.24.